The number of nitriles is 1. The van der Waals surface area contributed by atoms with E-state index in [-0.39, 0.29) is 11.4 Å². The number of Topliss-reactive ketones (excluding diaryl/α,β-unsaturated/α-hetero) is 1. The van der Waals surface area contributed by atoms with Crippen molar-refractivity contribution in [1.29, 1.82) is 5.26 Å². The maximum absolute atomic E-state index is 12.2. The average Bonchev–Trinajstić information content (AvgIpc) is 3.06. The third-order valence-corrected chi connectivity index (χ3v) is 4.19. The van der Waals surface area contributed by atoms with Crippen molar-refractivity contribution in [3.05, 3.63) is 50.7 Å². The van der Waals surface area contributed by atoms with Crippen molar-refractivity contribution in [1.82, 2.24) is 0 Å². The molecule has 2 aromatic rings. The minimum atomic E-state index is -0.302. The van der Waals surface area contributed by atoms with E-state index in [0.717, 1.165) is 0 Å². The Hall–Kier alpha value is -2.29. The van der Waals surface area contributed by atoms with Gasteiger partial charge in [-0.1, -0.05) is 17.7 Å². The molecular formula is C16H10ClNO3S. The Labute approximate surface area is 136 Å². The molecule has 0 fully saturated rings. The fourth-order valence-electron chi connectivity index (χ4n) is 2.07. The van der Waals surface area contributed by atoms with Gasteiger partial charge in [0.15, 0.2) is 11.5 Å². The fraction of sp³-hybridized carbons (Fsp3) is 0.125. The van der Waals surface area contributed by atoms with E-state index in [1.54, 1.807) is 29.6 Å². The largest absolute Gasteiger partial charge is 0.486 e. The Morgan fingerprint density at radius 3 is 2.91 bits per heavy atom. The van der Waals surface area contributed by atoms with Crippen LogP contribution in [0.5, 0.6) is 11.5 Å². The SMILES string of the molecule is N#C/C(=C\c1cc(Cl)c2c(c1)OCCO2)C(=O)c1cccs1. The molecule has 0 saturated carbocycles. The monoisotopic (exact) mass is 331 g/mol. The Morgan fingerprint density at radius 2 is 2.18 bits per heavy atom. The third-order valence-electron chi connectivity index (χ3n) is 3.04. The summed E-state index contributed by atoms with van der Waals surface area (Å²) in [6.45, 7) is 0.887. The fourth-order valence-corrected chi connectivity index (χ4v) is 3.02. The summed E-state index contributed by atoms with van der Waals surface area (Å²) in [6.07, 6.45) is 1.51. The minimum Gasteiger partial charge on any atom is -0.486 e. The number of rotatable bonds is 3. The Balaban J connectivity index is 1.98. The highest BCUT2D eigenvalue weighted by Gasteiger charge is 2.18. The van der Waals surface area contributed by atoms with E-state index < -0.39 is 0 Å². The summed E-state index contributed by atoms with van der Waals surface area (Å²) in [6, 6.07) is 8.76. The van der Waals surface area contributed by atoms with Crippen molar-refractivity contribution in [2.45, 2.75) is 0 Å². The van der Waals surface area contributed by atoms with Crippen molar-refractivity contribution in [3.63, 3.8) is 0 Å². The molecule has 0 unspecified atom stereocenters. The molecule has 0 spiro atoms. The van der Waals surface area contributed by atoms with E-state index in [1.165, 1.54) is 17.4 Å². The van der Waals surface area contributed by atoms with Crippen LogP contribution >= 0.6 is 22.9 Å². The molecular weight excluding hydrogens is 322 g/mol. The van der Waals surface area contributed by atoms with Gasteiger partial charge in [-0.2, -0.15) is 5.26 Å². The first kappa shape index (κ1) is 14.6. The second-order valence-electron chi connectivity index (χ2n) is 4.50. The lowest BCUT2D eigenvalue weighted by Gasteiger charge is -2.19. The number of hydrogen-bond acceptors (Lipinski definition) is 5. The maximum Gasteiger partial charge on any atom is 0.213 e. The van der Waals surface area contributed by atoms with Gasteiger partial charge in [0.2, 0.25) is 5.78 Å². The van der Waals surface area contributed by atoms with Gasteiger partial charge in [0.05, 0.1) is 9.90 Å². The molecule has 1 aromatic heterocycles. The summed E-state index contributed by atoms with van der Waals surface area (Å²) in [5.41, 5.74) is 0.672. The maximum atomic E-state index is 12.2. The number of ether oxygens (including phenoxy) is 2. The van der Waals surface area contributed by atoms with Crippen LogP contribution in [0.1, 0.15) is 15.2 Å². The lowest BCUT2D eigenvalue weighted by Crippen LogP contribution is -2.15. The highest BCUT2D eigenvalue weighted by molar-refractivity contribution is 7.12. The standard InChI is InChI=1S/C16H10ClNO3S/c17-12-7-10(8-13-16(12)21-4-3-20-13)6-11(9-18)15(19)14-2-1-5-22-14/h1-2,5-8H,3-4H2/b11-6+. The van der Waals surface area contributed by atoms with Gasteiger partial charge < -0.3 is 9.47 Å². The zero-order valence-corrected chi connectivity index (χ0v) is 12.9. The predicted molar refractivity (Wildman–Crippen MR) is 84.7 cm³/mol. The highest BCUT2D eigenvalue weighted by atomic mass is 35.5. The number of allylic oxidation sites excluding steroid dienone is 1. The molecule has 0 N–H and O–H groups in total. The van der Waals surface area contributed by atoms with Gasteiger partial charge in [-0.3, -0.25) is 4.79 Å². The van der Waals surface area contributed by atoms with E-state index in [1.807, 2.05) is 6.07 Å². The van der Waals surface area contributed by atoms with Crippen LogP contribution in [0.25, 0.3) is 6.08 Å². The van der Waals surface area contributed by atoms with Crippen LogP contribution in [-0.2, 0) is 0 Å². The topological polar surface area (TPSA) is 59.3 Å². The first-order chi connectivity index (χ1) is 10.7. The molecule has 4 nitrogen and oxygen atoms in total. The molecule has 6 heteroatoms. The summed E-state index contributed by atoms with van der Waals surface area (Å²) in [7, 11) is 0. The van der Waals surface area contributed by atoms with E-state index in [2.05, 4.69) is 0 Å². The normalized spacial score (nSPS) is 13.5. The molecule has 2 heterocycles. The summed E-state index contributed by atoms with van der Waals surface area (Å²) in [5, 5.41) is 11.4. The average molecular weight is 332 g/mol. The quantitative estimate of drug-likeness (QED) is 0.485. The molecule has 0 bridgehead atoms. The molecule has 0 aliphatic carbocycles. The second-order valence-corrected chi connectivity index (χ2v) is 5.86. The number of fused-ring (bicyclic) bond motifs is 1. The molecule has 22 heavy (non-hydrogen) atoms. The Bertz CT molecular complexity index is 790. The van der Waals surface area contributed by atoms with E-state index in [0.29, 0.717) is 40.2 Å². The molecule has 1 aliphatic heterocycles. The number of ketones is 1. The number of carbonyl (C=O) groups is 1. The van der Waals surface area contributed by atoms with Crippen LogP contribution in [0.2, 0.25) is 5.02 Å². The van der Waals surface area contributed by atoms with Crippen molar-refractivity contribution in [2.75, 3.05) is 13.2 Å². The summed E-state index contributed by atoms with van der Waals surface area (Å²) < 4.78 is 10.9. The van der Waals surface area contributed by atoms with E-state index in [9.17, 15) is 10.1 Å². The van der Waals surface area contributed by atoms with Crippen molar-refractivity contribution >= 4 is 34.8 Å². The zero-order chi connectivity index (χ0) is 15.5. The summed E-state index contributed by atoms with van der Waals surface area (Å²) >= 11 is 7.45. The molecule has 0 radical (unpaired) electrons. The molecule has 3 rings (SSSR count). The molecule has 1 aliphatic rings. The number of thiophene rings is 1. The lowest BCUT2D eigenvalue weighted by molar-refractivity contribution is 0.104. The minimum absolute atomic E-state index is 0.0511. The van der Waals surface area contributed by atoms with Gasteiger partial charge in [0.1, 0.15) is 24.9 Å². The van der Waals surface area contributed by atoms with Crippen LogP contribution in [0.4, 0.5) is 0 Å². The van der Waals surface area contributed by atoms with Crippen LogP contribution < -0.4 is 9.47 Å². The van der Waals surface area contributed by atoms with Gasteiger partial charge in [-0.25, -0.2) is 0 Å². The van der Waals surface area contributed by atoms with Crippen LogP contribution in [0.3, 0.4) is 0 Å². The highest BCUT2D eigenvalue weighted by Crippen LogP contribution is 2.38. The number of halogens is 1. The molecule has 1 aromatic carbocycles. The lowest BCUT2D eigenvalue weighted by atomic mass is 10.1. The van der Waals surface area contributed by atoms with Crippen molar-refractivity contribution in [2.24, 2.45) is 0 Å². The number of hydrogen-bond donors (Lipinski definition) is 0. The summed E-state index contributed by atoms with van der Waals surface area (Å²) in [5.74, 6) is 0.711. The molecule has 0 atom stereocenters. The van der Waals surface area contributed by atoms with Crippen molar-refractivity contribution in [3.8, 4) is 17.6 Å². The molecule has 0 saturated heterocycles. The second kappa shape index (κ2) is 6.22. The Morgan fingerprint density at radius 1 is 1.36 bits per heavy atom. The Kier molecular flexibility index (Phi) is 4.14. The van der Waals surface area contributed by atoms with E-state index in [4.69, 9.17) is 21.1 Å². The zero-order valence-electron chi connectivity index (χ0n) is 11.3. The van der Waals surface area contributed by atoms with Crippen LogP contribution in [-0.4, -0.2) is 19.0 Å². The number of nitrogens with zero attached hydrogens (tertiary/aromatic N) is 1. The van der Waals surface area contributed by atoms with Gasteiger partial charge in [-0.15, -0.1) is 11.3 Å². The predicted octanol–water partition coefficient (Wildman–Crippen LogP) is 3.96. The smallest absolute Gasteiger partial charge is 0.213 e. The third kappa shape index (κ3) is 2.84. The molecule has 110 valence electrons. The first-order valence-electron chi connectivity index (χ1n) is 6.48. The molecule has 0 amide bonds. The van der Waals surface area contributed by atoms with E-state index >= 15 is 0 Å². The van der Waals surface area contributed by atoms with Crippen LogP contribution in [0, 0.1) is 11.3 Å². The van der Waals surface area contributed by atoms with Gasteiger partial charge in [-0.05, 0) is 35.2 Å². The van der Waals surface area contributed by atoms with Gasteiger partial charge >= 0.3 is 0 Å². The van der Waals surface area contributed by atoms with Gasteiger partial charge in [0.25, 0.3) is 0 Å². The first-order valence-corrected chi connectivity index (χ1v) is 7.74. The van der Waals surface area contributed by atoms with Crippen LogP contribution in [0.15, 0.2) is 35.2 Å². The van der Waals surface area contributed by atoms with Gasteiger partial charge in [0, 0.05) is 0 Å². The number of carbonyl (C=O) groups excluding carboxylic acids is 1. The van der Waals surface area contributed by atoms with Crippen molar-refractivity contribution < 1.29 is 14.3 Å². The number of benzene rings is 1. The summed E-state index contributed by atoms with van der Waals surface area (Å²) in [4.78, 5) is 12.8.